The average molecular weight is 264 g/mol. The van der Waals surface area contributed by atoms with Crippen molar-refractivity contribution >= 4 is 11.3 Å². The van der Waals surface area contributed by atoms with E-state index in [4.69, 9.17) is 9.47 Å². The molecule has 1 unspecified atom stereocenters. The zero-order valence-corrected chi connectivity index (χ0v) is 11.5. The smallest absolute Gasteiger partial charge is 0.166 e. The van der Waals surface area contributed by atoms with Crippen LogP contribution in [0.15, 0.2) is 29.6 Å². The Morgan fingerprint density at radius 1 is 1.22 bits per heavy atom. The Hall–Kier alpha value is -1.52. The molecule has 0 saturated heterocycles. The van der Waals surface area contributed by atoms with Crippen molar-refractivity contribution in [2.24, 2.45) is 0 Å². The summed E-state index contributed by atoms with van der Waals surface area (Å²) in [6, 6.07) is 7.49. The monoisotopic (exact) mass is 264 g/mol. The van der Waals surface area contributed by atoms with E-state index in [0.29, 0.717) is 11.5 Å². The molecule has 1 aromatic heterocycles. The normalized spacial score (nSPS) is 12.2. The Bertz CT molecular complexity index is 534. The number of aliphatic hydroxyl groups excluding tert-OH is 1. The second-order valence-corrected chi connectivity index (χ2v) is 5.09. The van der Waals surface area contributed by atoms with E-state index in [2.05, 4.69) is 0 Å². The van der Waals surface area contributed by atoms with Gasteiger partial charge < -0.3 is 14.6 Å². The number of para-hydroxylation sites is 1. The summed E-state index contributed by atoms with van der Waals surface area (Å²) < 4.78 is 10.6. The van der Waals surface area contributed by atoms with Gasteiger partial charge in [-0.1, -0.05) is 12.1 Å². The summed E-state index contributed by atoms with van der Waals surface area (Å²) >= 11 is 1.62. The molecule has 0 aliphatic carbocycles. The maximum absolute atomic E-state index is 10.4. The fraction of sp³-hybridized carbons (Fsp3) is 0.286. The van der Waals surface area contributed by atoms with Crippen LogP contribution >= 0.6 is 11.3 Å². The molecule has 1 heterocycles. The fourth-order valence-corrected chi connectivity index (χ4v) is 2.64. The minimum absolute atomic E-state index is 0.580. The number of methoxy groups -OCH3 is 2. The van der Waals surface area contributed by atoms with Crippen LogP contribution in [0.1, 0.15) is 22.1 Å². The SMILES string of the molecule is COc1cccc(C(O)c2csc(C)c2)c1OC. The van der Waals surface area contributed by atoms with Crippen LogP contribution < -0.4 is 9.47 Å². The summed E-state index contributed by atoms with van der Waals surface area (Å²) in [7, 11) is 3.16. The molecule has 18 heavy (non-hydrogen) atoms. The summed E-state index contributed by atoms with van der Waals surface area (Å²) in [5.74, 6) is 1.21. The lowest BCUT2D eigenvalue weighted by atomic mass is 10.0. The van der Waals surface area contributed by atoms with Crippen LogP contribution in [0, 0.1) is 6.92 Å². The maximum Gasteiger partial charge on any atom is 0.166 e. The summed E-state index contributed by atoms with van der Waals surface area (Å²) in [6.07, 6.45) is -0.694. The van der Waals surface area contributed by atoms with Crippen LogP contribution in [0.25, 0.3) is 0 Å². The average Bonchev–Trinajstić information content (AvgIpc) is 2.83. The van der Waals surface area contributed by atoms with E-state index in [9.17, 15) is 5.11 Å². The molecular formula is C14H16O3S. The van der Waals surface area contributed by atoms with Crippen LogP contribution in [0.5, 0.6) is 11.5 Å². The van der Waals surface area contributed by atoms with Gasteiger partial charge >= 0.3 is 0 Å². The molecule has 3 nitrogen and oxygen atoms in total. The highest BCUT2D eigenvalue weighted by atomic mass is 32.1. The molecule has 0 aliphatic rings. The van der Waals surface area contributed by atoms with Crippen LogP contribution in [-0.2, 0) is 0 Å². The number of hydrogen-bond donors (Lipinski definition) is 1. The van der Waals surface area contributed by atoms with E-state index in [0.717, 1.165) is 11.1 Å². The van der Waals surface area contributed by atoms with E-state index in [-0.39, 0.29) is 0 Å². The molecule has 0 fully saturated rings. The first kappa shape index (κ1) is 12.9. The lowest BCUT2D eigenvalue weighted by Gasteiger charge is -2.16. The number of rotatable bonds is 4. The maximum atomic E-state index is 10.4. The van der Waals surface area contributed by atoms with Crippen LogP contribution in [0.2, 0.25) is 0 Å². The second kappa shape index (κ2) is 5.42. The molecule has 0 amide bonds. The number of hydrogen-bond acceptors (Lipinski definition) is 4. The third-order valence-electron chi connectivity index (χ3n) is 2.79. The molecule has 1 atom stereocenters. The first-order chi connectivity index (χ1) is 8.67. The lowest BCUT2D eigenvalue weighted by Crippen LogP contribution is -2.02. The van der Waals surface area contributed by atoms with Crippen molar-refractivity contribution in [2.45, 2.75) is 13.0 Å². The van der Waals surface area contributed by atoms with Crippen molar-refractivity contribution in [1.29, 1.82) is 0 Å². The molecule has 2 rings (SSSR count). The number of thiophene rings is 1. The van der Waals surface area contributed by atoms with Gasteiger partial charge in [0.05, 0.1) is 14.2 Å². The Labute approximate surface area is 111 Å². The zero-order chi connectivity index (χ0) is 13.1. The molecule has 1 N–H and O–H groups in total. The third kappa shape index (κ3) is 2.35. The fourth-order valence-electron chi connectivity index (χ4n) is 1.91. The number of ether oxygens (including phenoxy) is 2. The minimum Gasteiger partial charge on any atom is -0.493 e. The highest BCUT2D eigenvalue weighted by Crippen LogP contribution is 2.37. The molecule has 0 spiro atoms. The number of benzene rings is 1. The van der Waals surface area contributed by atoms with Crippen LogP contribution in [0.3, 0.4) is 0 Å². The Morgan fingerprint density at radius 3 is 2.56 bits per heavy atom. The molecule has 2 aromatic rings. The minimum atomic E-state index is -0.694. The van der Waals surface area contributed by atoms with E-state index < -0.39 is 6.10 Å². The van der Waals surface area contributed by atoms with E-state index in [1.54, 1.807) is 25.6 Å². The van der Waals surface area contributed by atoms with Gasteiger partial charge in [0.2, 0.25) is 0 Å². The summed E-state index contributed by atoms with van der Waals surface area (Å²) in [4.78, 5) is 1.17. The summed E-state index contributed by atoms with van der Waals surface area (Å²) in [5.41, 5.74) is 1.60. The molecule has 0 saturated carbocycles. The van der Waals surface area contributed by atoms with Crippen molar-refractivity contribution in [2.75, 3.05) is 14.2 Å². The molecule has 1 aromatic carbocycles. The second-order valence-electron chi connectivity index (χ2n) is 3.98. The van der Waals surface area contributed by atoms with Gasteiger partial charge in [0, 0.05) is 10.4 Å². The summed E-state index contributed by atoms with van der Waals surface area (Å²) in [5, 5.41) is 12.4. The van der Waals surface area contributed by atoms with Crippen LogP contribution in [-0.4, -0.2) is 19.3 Å². The highest BCUT2D eigenvalue weighted by Gasteiger charge is 2.19. The quantitative estimate of drug-likeness (QED) is 0.922. The Balaban J connectivity index is 2.44. The highest BCUT2D eigenvalue weighted by molar-refractivity contribution is 7.10. The van der Waals surface area contributed by atoms with Gasteiger partial charge in [0.1, 0.15) is 6.10 Å². The lowest BCUT2D eigenvalue weighted by molar-refractivity contribution is 0.213. The van der Waals surface area contributed by atoms with Crippen molar-refractivity contribution < 1.29 is 14.6 Å². The molecule has 4 heteroatoms. The largest absolute Gasteiger partial charge is 0.493 e. The van der Waals surface area contributed by atoms with Crippen molar-refractivity contribution in [3.05, 3.63) is 45.6 Å². The predicted molar refractivity (Wildman–Crippen MR) is 72.7 cm³/mol. The third-order valence-corrected chi connectivity index (χ3v) is 3.67. The van der Waals surface area contributed by atoms with Gasteiger partial charge in [0.25, 0.3) is 0 Å². The van der Waals surface area contributed by atoms with Crippen LogP contribution in [0.4, 0.5) is 0 Å². The van der Waals surface area contributed by atoms with Gasteiger partial charge in [-0.2, -0.15) is 0 Å². The van der Waals surface area contributed by atoms with Crippen molar-refractivity contribution in [1.82, 2.24) is 0 Å². The Morgan fingerprint density at radius 2 is 2.00 bits per heavy atom. The molecule has 0 aliphatic heterocycles. The number of aliphatic hydroxyl groups is 1. The van der Waals surface area contributed by atoms with Crippen molar-refractivity contribution in [3.8, 4) is 11.5 Å². The van der Waals surface area contributed by atoms with E-state index in [1.807, 2.05) is 36.6 Å². The molecule has 0 radical (unpaired) electrons. The van der Waals surface area contributed by atoms with E-state index in [1.165, 1.54) is 4.88 Å². The standard InChI is InChI=1S/C14H16O3S/c1-9-7-10(8-18-9)13(15)11-5-4-6-12(16-2)14(11)17-3/h4-8,13,15H,1-3H3. The van der Waals surface area contributed by atoms with Gasteiger partial charge in [0.15, 0.2) is 11.5 Å². The van der Waals surface area contributed by atoms with Gasteiger partial charge in [-0.05, 0) is 30.0 Å². The Kier molecular flexibility index (Phi) is 3.89. The molecular weight excluding hydrogens is 248 g/mol. The first-order valence-corrected chi connectivity index (χ1v) is 6.49. The number of aryl methyl sites for hydroxylation is 1. The predicted octanol–water partition coefficient (Wildman–Crippen LogP) is 3.16. The van der Waals surface area contributed by atoms with E-state index >= 15 is 0 Å². The molecule has 0 bridgehead atoms. The van der Waals surface area contributed by atoms with Crippen molar-refractivity contribution in [3.63, 3.8) is 0 Å². The van der Waals surface area contributed by atoms with Gasteiger partial charge in [-0.25, -0.2) is 0 Å². The molecule has 96 valence electrons. The van der Waals surface area contributed by atoms with Gasteiger partial charge in [-0.15, -0.1) is 11.3 Å². The topological polar surface area (TPSA) is 38.7 Å². The summed E-state index contributed by atoms with van der Waals surface area (Å²) in [6.45, 7) is 2.02. The zero-order valence-electron chi connectivity index (χ0n) is 10.6. The van der Waals surface area contributed by atoms with Gasteiger partial charge in [-0.3, -0.25) is 0 Å². The first-order valence-electron chi connectivity index (χ1n) is 5.61.